The molecule has 0 saturated heterocycles. The molecule has 1 aliphatic rings. The Balaban J connectivity index is 1.70. The van der Waals surface area contributed by atoms with Crippen molar-refractivity contribution in [1.82, 2.24) is 10.3 Å². The molecule has 2 aromatic rings. The number of nitrogens with zero attached hydrogens (tertiary/aromatic N) is 1. The van der Waals surface area contributed by atoms with Gasteiger partial charge in [0.2, 0.25) is 0 Å². The number of aryl methyl sites for hydroxylation is 1. The third kappa shape index (κ3) is 3.31. The van der Waals surface area contributed by atoms with Gasteiger partial charge in [-0.3, -0.25) is 4.79 Å². The molecule has 1 aliphatic carbocycles. The molecule has 3 N–H and O–H groups in total. The van der Waals surface area contributed by atoms with Gasteiger partial charge in [0, 0.05) is 18.2 Å². The molecule has 0 spiro atoms. The molecule has 1 saturated carbocycles. The van der Waals surface area contributed by atoms with Crippen LogP contribution in [0.25, 0.3) is 10.6 Å². The monoisotopic (exact) mass is 301 g/mol. The van der Waals surface area contributed by atoms with E-state index in [1.807, 2.05) is 37.3 Å². The Hall–Kier alpha value is -1.72. The zero-order chi connectivity index (χ0) is 14.8. The third-order valence-electron chi connectivity index (χ3n) is 3.75. The summed E-state index contributed by atoms with van der Waals surface area (Å²) < 4.78 is 0. The Morgan fingerprint density at radius 2 is 2.14 bits per heavy atom. The lowest BCUT2D eigenvalue weighted by molar-refractivity contribution is 0.0953. The van der Waals surface area contributed by atoms with Gasteiger partial charge in [-0.05, 0) is 25.7 Å². The predicted octanol–water partition coefficient (Wildman–Crippen LogP) is 2.59. The standard InChI is InChI=1S/C16H19N3OS/c1-10-14(15(20)18-9-13(17)11-7-8-11)21-16(19-10)12-5-3-2-4-6-12/h2-6,11,13H,7-9,17H2,1H3,(H,18,20). The highest BCUT2D eigenvalue weighted by Crippen LogP contribution is 2.31. The molecule has 0 aliphatic heterocycles. The molecule has 0 bridgehead atoms. The van der Waals surface area contributed by atoms with E-state index in [0.29, 0.717) is 17.3 Å². The van der Waals surface area contributed by atoms with Gasteiger partial charge in [-0.15, -0.1) is 11.3 Å². The summed E-state index contributed by atoms with van der Waals surface area (Å²) in [6.45, 7) is 2.42. The van der Waals surface area contributed by atoms with Crippen LogP contribution in [-0.2, 0) is 0 Å². The molecule has 1 aromatic carbocycles. The van der Waals surface area contributed by atoms with E-state index in [4.69, 9.17) is 5.73 Å². The van der Waals surface area contributed by atoms with Gasteiger partial charge < -0.3 is 11.1 Å². The third-order valence-corrected chi connectivity index (χ3v) is 4.95. The van der Waals surface area contributed by atoms with Gasteiger partial charge in [0.1, 0.15) is 9.88 Å². The van der Waals surface area contributed by atoms with Crippen molar-refractivity contribution < 1.29 is 4.79 Å². The van der Waals surface area contributed by atoms with Gasteiger partial charge in [-0.1, -0.05) is 30.3 Å². The summed E-state index contributed by atoms with van der Waals surface area (Å²) in [4.78, 5) is 17.4. The maximum Gasteiger partial charge on any atom is 0.263 e. The molecular weight excluding hydrogens is 282 g/mol. The van der Waals surface area contributed by atoms with E-state index in [1.54, 1.807) is 0 Å². The van der Waals surface area contributed by atoms with E-state index in [-0.39, 0.29) is 11.9 Å². The van der Waals surface area contributed by atoms with Gasteiger partial charge in [-0.25, -0.2) is 4.98 Å². The van der Waals surface area contributed by atoms with E-state index in [2.05, 4.69) is 10.3 Å². The highest BCUT2D eigenvalue weighted by Gasteiger charge is 2.28. The topological polar surface area (TPSA) is 68.0 Å². The number of nitrogens with one attached hydrogen (secondary N) is 1. The first-order valence-corrected chi connectivity index (χ1v) is 8.03. The van der Waals surface area contributed by atoms with Crippen LogP contribution < -0.4 is 11.1 Å². The highest BCUT2D eigenvalue weighted by molar-refractivity contribution is 7.17. The highest BCUT2D eigenvalue weighted by atomic mass is 32.1. The van der Waals surface area contributed by atoms with Crippen molar-refractivity contribution in [3.8, 4) is 10.6 Å². The van der Waals surface area contributed by atoms with E-state index in [0.717, 1.165) is 16.3 Å². The number of hydrogen-bond donors (Lipinski definition) is 2. The molecule has 1 aromatic heterocycles. The summed E-state index contributed by atoms with van der Waals surface area (Å²) in [5, 5.41) is 3.81. The average Bonchev–Trinajstić information content (AvgIpc) is 3.28. The summed E-state index contributed by atoms with van der Waals surface area (Å²) in [7, 11) is 0. The number of nitrogens with two attached hydrogens (primary N) is 1. The lowest BCUT2D eigenvalue weighted by atomic mass is 10.2. The maximum atomic E-state index is 12.3. The quantitative estimate of drug-likeness (QED) is 0.892. The lowest BCUT2D eigenvalue weighted by Gasteiger charge is -2.10. The van der Waals surface area contributed by atoms with Crippen LogP contribution in [0.3, 0.4) is 0 Å². The van der Waals surface area contributed by atoms with Gasteiger partial charge >= 0.3 is 0 Å². The Morgan fingerprint density at radius 3 is 2.81 bits per heavy atom. The molecule has 0 radical (unpaired) electrons. The molecule has 21 heavy (non-hydrogen) atoms. The Kier molecular flexibility index (Phi) is 4.03. The first-order valence-electron chi connectivity index (χ1n) is 7.22. The molecule has 5 heteroatoms. The minimum atomic E-state index is -0.0664. The van der Waals surface area contributed by atoms with E-state index in [9.17, 15) is 4.79 Å². The first-order chi connectivity index (χ1) is 10.1. The number of benzene rings is 1. The number of aromatic nitrogens is 1. The predicted molar refractivity (Wildman–Crippen MR) is 85.3 cm³/mol. The van der Waals surface area contributed by atoms with Crippen LogP contribution in [0, 0.1) is 12.8 Å². The van der Waals surface area contributed by atoms with Crippen molar-refractivity contribution in [2.24, 2.45) is 11.7 Å². The smallest absolute Gasteiger partial charge is 0.263 e. The average molecular weight is 301 g/mol. The van der Waals surface area contributed by atoms with Crippen LogP contribution in [0.5, 0.6) is 0 Å². The second-order valence-corrected chi connectivity index (χ2v) is 6.51. The van der Waals surface area contributed by atoms with Crippen molar-refractivity contribution in [2.45, 2.75) is 25.8 Å². The largest absolute Gasteiger partial charge is 0.350 e. The van der Waals surface area contributed by atoms with Gasteiger partial charge in [0.15, 0.2) is 0 Å². The zero-order valence-electron chi connectivity index (χ0n) is 12.0. The molecular formula is C16H19N3OS. The van der Waals surface area contributed by atoms with E-state index in [1.165, 1.54) is 24.2 Å². The molecule has 1 atom stereocenters. The van der Waals surface area contributed by atoms with E-state index >= 15 is 0 Å². The normalized spacial score (nSPS) is 15.7. The summed E-state index contributed by atoms with van der Waals surface area (Å²) >= 11 is 1.43. The SMILES string of the molecule is Cc1nc(-c2ccccc2)sc1C(=O)NCC(N)C1CC1. The van der Waals surface area contributed by atoms with E-state index < -0.39 is 0 Å². The molecule has 110 valence electrons. The number of carbonyl (C=O) groups excluding carboxylic acids is 1. The van der Waals surface area contributed by atoms with Gasteiger partial charge in [0.05, 0.1) is 5.69 Å². The van der Waals surface area contributed by atoms with Crippen LogP contribution in [0.2, 0.25) is 0 Å². The number of carbonyl (C=O) groups is 1. The van der Waals surface area contributed by atoms with Gasteiger partial charge in [-0.2, -0.15) is 0 Å². The maximum absolute atomic E-state index is 12.3. The molecule has 1 amide bonds. The molecule has 1 unspecified atom stereocenters. The minimum absolute atomic E-state index is 0.0664. The summed E-state index contributed by atoms with van der Waals surface area (Å²) in [5.41, 5.74) is 7.83. The molecule has 1 fully saturated rings. The molecule has 4 nitrogen and oxygen atoms in total. The number of hydrogen-bond acceptors (Lipinski definition) is 4. The zero-order valence-corrected chi connectivity index (χ0v) is 12.8. The van der Waals surface area contributed by atoms with Crippen molar-refractivity contribution in [3.05, 3.63) is 40.9 Å². The summed E-state index contributed by atoms with van der Waals surface area (Å²) in [6.07, 6.45) is 2.38. The number of thiazole rings is 1. The van der Waals surface area contributed by atoms with Crippen LogP contribution >= 0.6 is 11.3 Å². The van der Waals surface area contributed by atoms with Crippen molar-refractivity contribution >= 4 is 17.2 Å². The minimum Gasteiger partial charge on any atom is -0.350 e. The first kappa shape index (κ1) is 14.2. The van der Waals surface area contributed by atoms with Crippen molar-refractivity contribution in [2.75, 3.05) is 6.54 Å². The van der Waals surface area contributed by atoms with Crippen molar-refractivity contribution in [3.63, 3.8) is 0 Å². The Morgan fingerprint density at radius 1 is 1.43 bits per heavy atom. The van der Waals surface area contributed by atoms with Crippen LogP contribution in [0.15, 0.2) is 30.3 Å². The molecule has 1 heterocycles. The van der Waals surface area contributed by atoms with Crippen LogP contribution in [0.1, 0.15) is 28.2 Å². The van der Waals surface area contributed by atoms with Gasteiger partial charge in [0.25, 0.3) is 5.91 Å². The number of amides is 1. The fourth-order valence-corrected chi connectivity index (χ4v) is 3.28. The second kappa shape index (κ2) is 5.95. The fourth-order valence-electron chi connectivity index (χ4n) is 2.29. The fraction of sp³-hybridized carbons (Fsp3) is 0.375. The van der Waals surface area contributed by atoms with Crippen LogP contribution in [-0.4, -0.2) is 23.5 Å². The Labute approximate surface area is 128 Å². The summed E-state index contributed by atoms with van der Waals surface area (Å²) in [5.74, 6) is 0.524. The van der Waals surface area contributed by atoms with Crippen molar-refractivity contribution in [1.29, 1.82) is 0 Å². The lowest BCUT2D eigenvalue weighted by Crippen LogP contribution is -2.38. The Bertz CT molecular complexity index is 634. The number of rotatable bonds is 5. The van der Waals surface area contributed by atoms with Crippen LogP contribution in [0.4, 0.5) is 0 Å². The molecule has 3 rings (SSSR count). The summed E-state index contributed by atoms with van der Waals surface area (Å²) in [6, 6.07) is 10.00. The second-order valence-electron chi connectivity index (χ2n) is 5.51.